The molecule has 0 amide bonds. The summed E-state index contributed by atoms with van der Waals surface area (Å²) < 4.78 is 6.89. The molecule has 0 spiro atoms. The average Bonchev–Trinajstić information content (AvgIpc) is 3.03. The summed E-state index contributed by atoms with van der Waals surface area (Å²) in [7, 11) is -1.70. The van der Waals surface area contributed by atoms with Gasteiger partial charge in [-0.15, -0.1) is 0 Å². The average molecular weight is 382 g/mol. The van der Waals surface area contributed by atoms with Gasteiger partial charge in [0.1, 0.15) is 0 Å². The normalized spacial score (nSPS) is 27.5. The highest BCUT2D eigenvalue weighted by atomic mass is 28.4. The van der Waals surface area contributed by atoms with Crippen molar-refractivity contribution in [3.05, 3.63) is 0 Å². The minimum absolute atomic E-state index is 0.529. The second-order valence-corrected chi connectivity index (χ2v) is 15.5. The van der Waals surface area contributed by atoms with Crippen molar-refractivity contribution in [2.75, 3.05) is 19.7 Å². The van der Waals surface area contributed by atoms with Gasteiger partial charge in [0.05, 0.1) is 0 Å². The number of hydrogen-bond donors (Lipinski definition) is 0. The maximum absolute atomic E-state index is 6.89. The SMILES string of the molecule is CCN(CC)[C@@]1(C2CCCC2)C[C@H]1CCO[Si](C(C)C)(C(C)C)C(C)C. The molecule has 0 radical (unpaired) electrons. The standard InChI is InChI=1S/C23H47NOSi/c1-9-24(10-2)23(21-13-11-12-14-21)17-22(23)15-16-25-26(18(3)4,19(5)6)20(7)8/h18-22H,9-17H2,1-8H3/t22-,23-/m1/s1. The van der Waals surface area contributed by atoms with Crippen LogP contribution >= 0.6 is 0 Å². The first kappa shape index (κ1) is 22.4. The largest absolute Gasteiger partial charge is 0.416 e. The lowest BCUT2D eigenvalue weighted by atomic mass is 9.90. The Bertz CT molecular complexity index is 400. The lowest BCUT2D eigenvalue weighted by molar-refractivity contribution is 0.112. The molecular formula is C23H47NOSi. The number of hydrogen-bond acceptors (Lipinski definition) is 2. The maximum Gasteiger partial charge on any atom is 0.200 e. The lowest BCUT2D eigenvalue weighted by Crippen LogP contribution is -2.48. The summed E-state index contributed by atoms with van der Waals surface area (Å²) in [6, 6.07) is 0. The van der Waals surface area contributed by atoms with E-state index in [1.165, 1.54) is 51.6 Å². The van der Waals surface area contributed by atoms with Crippen LogP contribution in [-0.4, -0.2) is 38.5 Å². The Balaban J connectivity index is 2.02. The number of nitrogens with zero attached hydrogens (tertiary/aromatic N) is 1. The van der Waals surface area contributed by atoms with Crippen molar-refractivity contribution in [1.82, 2.24) is 4.90 Å². The van der Waals surface area contributed by atoms with Crippen molar-refractivity contribution in [3.63, 3.8) is 0 Å². The zero-order valence-corrected chi connectivity index (χ0v) is 20.1. The van der Waals surface area contributed by atoms with Crippen LogP contribution in [0.15, 0.2) is 0 Å². The second kappa shape index (κ2) is 9.09. The summed E-state index contributed by atoms with van der Waals surface area (Å²) in [5.41, 5.74) is 2.62. The van der Waals surface area contributed by atoms with Gasteiger partial charge in [0.2, 0.25) is 0 Å². The van der Waals surface area contributed by atoms with Crippen LogP contribution in [0.25, 0.3) is 0 Å². The molecule has 2 aliphatic rings. The molecule has 0 bridgehead atoms. The van der Waals surface area contributed by atoms with Crippen LogP contribution in [0.2, 0.25) is 16.6 Å². The Kier molecular flexibility index (Phi) is 7.84. The van der Waals surface area contributed by atoms with Crippen molar-refractivity contribution < 1.29 is 4.43 Å². The molecule has 0 heterocycles. The lowest BCUT2D eigenvalue weighted by Gasteiger charge is -2.42. The summed E-state index contributed by atoms with van der Waals surface area (Å²) in [6.07, 6.45) is 8.57. The van der Waals surface area contributed by atoms with E-state index in [1.807, 2.05) is 0 Å². The van der Waals surface area contributed by atoms with Gasteiger partial charge in [-0.2, -0.15) is 0 Å². The summed E-state index contributed by atoms with van der Waals surface area (Å²) in [5, 5.41) is 0. The molecule has 2 saturated carbocycles. The molecular weight excluding hydrogens is 334 g/mol. The highest BCUT2D eigenvalue weighted by molar-refractivity contribution is 6.77. The fourth-order valence-electron chi connectivity index (χ4n) is 6.95. The summed E-state index contributed by atoms with van der Waals surface area (Å²) >= 11 is 0. The van der Waals surface area contributed by atoms with Crippen molar-refractivity contribution in [3.8, 4) is 0 Å². The fraction of sp³-hybridized carbons (Fsp3) is 1.00. The first-order valence-electron chi connectivity index (χ1n) is 11.7. The first-order valence-corrected chi connectivity index (χ1v) is 13.8. The van der Waals surface area contributed by atoms with E-state index in [1.54, 1.807) is 0 Å². The Morgan fingerprint density at radius 3 is 1.85 bits per heavy atom. The van der Waals surface area contributed by atoms with Gasteiger partial charge in [-0.1, -0.05) is 68.2 Å². The van der Waals surface area contributed by atoms with Gasteiger partial charge in [-0.3, -0.25) is 4.90 Å². The molecule has 0 aromatic heterocycles. The van der Waals surface area contributed by atoms with E-state index in [2.05, 4.69) is 60.3 Å². The molecule has 2 aliphatic carbocycles. The topological polar surface area (TPSA) is 12.5 Å². The molecule has 154 valence electrons. The van der Waals surface area contributed by atoms with Crippen molar-refractivity contribution in [2.24, 2.45) is 11.8 Å². The molecule has 0 N–H and O–H groups in total. The number of rotatable bonds is 11. The minimum Gasteiger partial charge on any atom is -0.416 e. The van der Waals surface area contributed by atoms with Gasteiger partial charge in [0.25, 0.3) is 0 Å². The minimum atomic E-state index is -1.70. The predicted molar refractivity (Wildman–Crippen MR) is 117 cm³/mol. The van der Waals surface area contributed by atoms with Gasteiger partial charge >= 0.3 is 0 Å². The Hall–Kier alpha value is 0.137. The van der Waals surface area contributed by atoms with Gasteiger partial charge in [0.15, 0.2) is 8.32 Å². The molecule has 2 nitrogen and oxygen atoms in total. The highest BCUT2D eigenvalue weighted by Crippen LogP contribution is 2.59. The Labute approximate surface area is 165 Å². The third-order valence-electron chi connectivity index (χ3n) is 8.06. The van der Waals surface area contributed by atoms with Gasteiger partial charge in [0, 0.05) is 12.1 Å². The van der Waals surface area contributed by atoms with E-state index >= 15 is 0 Å². The molecule has 2 atom stereocenters. The fourth-order valence-corrected chi connectivity index (χ4v) is 12.4. The van der Waals surface area contributed by atoms with Gasteiger partial charge in [-0.25, -0.2) is 0 Å². The van der Waals surface area contributed by atoms with E-state index in [0.717, 1.165) is 18.4 Å². The van der Waals surface area contributed by atoms with E-state index in [-0.39, 0.29) is 0 Å². The third kappa shape index (κ3) is 3.96. The Morgan fingerprint density at radius 2 is 1.42 bits per heavy atom. The quantitative estimate of drug-likeness (QED) is 0.362. The molecule has 0 aromatic rings. The van der Waals surface area contributed by atoms with Crippen LogP contribution in [-0.2, 0) is 4.43 Å². The smallest absolute Gasteiger partial charge is 0.200 e. The molecule has 3 heteroatoms. The van der Waals surface area contributed by atoms with Crippen LogP contribution in [0.4, 0.5) is 0 Å². The molecule has 0 unspecified atom stereocenters. The van der Waals surface area contributed by atoms with E-state index in [9.17, 15) is 0 Å². The van der Waals surface area contributed by atoms with Gasteiger partial charge in [-0.05, 0) is 67.2 Å². The highest BCUT2D eigenvalue weighted by Gasteiger charge is 2.61. The van der Waals surface area contributed by atoms with Crippen LogP contribution < -0.4 is 0 Å². The Morgan fingerprint density at radius 1 is 0.923 bits per heavy atom. The maximum atomic E-state index is 6.89. The summed E-state index contributed by atoms with van der Waals surface area (Å²) in [5.74, 6) is 1.83. The van der Waals surface area contributed by atoms with Crippen molar-refractivity contribution >= 4 is 8.32 Å². The molecule has 0 saturated heterocycles. The third-order valence-corrected chi connectivity index (χ3v) is 14.2. The zero-order valence-electron chi connectivity index (χ0n) is 19.1. The summed E-state index contributed by atoms with van der Waals surface area (Å²) in [6.45, 7) is 22.6. The van der Waals surface area contributed by atoms with E-state index < -0.39 is 8.32 Å². The van der Waals surface area contributed by atoms with Crippen molar-refractivity contribution in [2.45, 2.75) is 116 Å². The van der Waals surface area contributed by atoms with E-state index in [4.69, 9.17) is 4.43 Å². The predicted octanol–water partition coefficient (Wildman–Crippen LogP) is 6.86. The molecule has 26 heavy (non-hydrogen) atoms. The molecule has 0 aromatic carbocycles. The van der Waals surface area contributed by atoms with Crippen LogP contribution in [0.5, 0.6) is 0 Å². The van der Waals surface area contributed by atoms with Crippen molar-refractivity contribution in [1.29, 1.82) is 0 Å². The molecule has 0 aliphatic heterocycles. The van der Waals surface area contributed by atoms with Crippen LogP contribution in [0.3, 0.4) is 0 Å². The first-order chi connectivity index (χ1) is 12.3. The zero-order chi connectivity index (χ0) is 19.5. The van der Waals surface area contributed by atoms with Gasteiger partial charge < -0.3 is 4.43 Å². The van der Waals surface area contributed by atoms with E-state index in [0.29, 0.717) is 22.2 Å². The van der Waals surface area contributed by atoms with Crippen LogP contribution in [0.1, 0.15) is 93.9 Å². The monoisotopic (exact) mass is 381 g/mol. The second-order valence-electron chi connectivity index (χ2n) is 10.0. The molecule has 2 rings (SSSR count). The molecule has 2 fully saturated rings. The summed E-state index contributed by atoms with van der Waals surface area (Å²) in [4.78, 5) is 2.81. The van der Waals surface area contributed by atoms with Crippen LogP contribution in [0, 0.1) is 11.8 Å².